The van der Waals surface area contributed by atoms with Gasteiger partial charge in [-0.3, -0.25) is 4.79 Å². The van der Waals surface area contributed by atoms with Gasteiger partial charge in [0.15, 0.2) is 17.2 Å². The lowest BCUT2D eigenvalue weighted by molar-refractivity contribution is -0.150. The van der Waals surface area contributed by atoms with Crippen molar-refractivity contribution in [2.24, 2.45) is 0 Å². The van der Waals surface area contributed by atoms with Gasteiger partial charge in [0, 0.05) is 23.7 Å². The van der Waals surface area contributed by atoms with Gasteiger partial charge in [-0.05, 0) is 50.1 Å². The Kier molecular flexibility index (Phi) is 8.47. The molecule has 8 nitrogen and oxygen atoms in total. The van der Waals surface area contributed by atoms with E-state index in [1.807, 2.05) is 25.1 Å². The van der Waals surface area contributed by atoms with Crippen molar-refractivity contribution in [2.45, 2.75) is 38.8 Å². The number of hydrogen-bond acceptors (Lipinski definition) is 7. The second-order valence-corrected chi connectivity index (χ2v) is 8.32. The number of ether oxygens (including phenoxy) is 3. The molecule has 1 aromatic heterocycles. The van der Waals surface area contributed by atoms with Crippen LogP contribution in [0.4, 0.5) is 4.39 Å². The summed E-state index contributed by atoms with van der Waals surface area (Å²) in [6, 6.07) is 12.0. The number of halogens is 1. The van der Waals surface area contributed by atoms with Crippen molar-refractivity contribution in [1.82, 2.24) is 10.3 Å². The van der Waals surface area contributed by atoms with Gasteiger partial charge in [0.05, 0.1) is 14.2 Å². The molecule has 1 amide bonds. The number of rotatable bonds is 9. The van der Waals surface area contributed by atoms with E-state index < -0.39 is 35.7 Å². The Balaban J connectivity index is 1.82. The molecule has 1 heterocycles. The third kappa shape index (κ3) is 5.91. The highest BCUT2D eigenvalue weighted by Gasteiger charge is 2.30. The maximum absolute atomic E-state index is 13.6. The second-order valence-electron chi connectivity index (χ2n) is 8.32. The van der Waals surface area contributed by atoms with Crippen LogP contribution in [0.5, 0.6) is 17.2 Å². The van der Waals surface area contributed by atoms with Crippen molar-refractivity contribution in [3.8, 4) is 17.2 Å². The van der Waals surface area contributed by atoms with E-state index in [0.29, 0.717) is 5.75 Å². The van der Waals surface area contributed by atoms with E-state index >= 15 is 0 Å². The molecule has 2 aromatic carbocycles. The molecule has 190 valence electrons. The molecule has 0 spiro atoms. The Labute approximate surface area is 209 Å². The van der Waals surface area contributed by atoms with Crippen LogP contribution in [0, 0.1) is 12.7 Å². The topological polar surface area (TPSA) is 107 Å². The number of aromatic hydroxyl groups is 1. The van der Waals surface area contributed by atoms with Crippen molar-refractivity contribution >= 4 is 11.9 Å². The Morgan fingerprint density at radius 2 is 1.67 bits per heavy atom. The summed E-state index contributed by atoms with van der Waals surface area (Å²) in [5.41, 5.74) is 2.19. The monoisotopic (exact) mass is 496 g/mol. The smallest absolute Gasteiger partial charge is 0.328 e. The Morgan fingerprint density at radius 1 is 1.00 bits per heavy atom. The molecule has 0 bridgehead atoms. The summed E-state index contributed by atoms with van der Waals surface area (Å²) in [5, 5.41) is 12.6. The highest BCUT2D eigenvalue weighted by atomic mass is 19.1. The lowest BCUT2D eigenvalue weighted by Crippen LogP contribution is -2.41. The number of nitrogens with one attached hydrogen (secondary N) is 1. The van der Waals surface area contributed by atoms with Crippen LogP contribution in [0.25, 0.3) is 0 Å². The Morgan fingerprint density at radius 3 is 2.31 bits per heavy atom. The second kappa shape index (κ2) is 11.5. The van der Waals surface area contributed by atoms with Crippen LogP contribution in [0.3, 0.4) is 0 Å². The van der Waals surface area contributed by atoms with Crippen LogP contribution in [0.15, 0.2) is 54.7 Å². The highest BCUT2D eigenvalue weighted by Crippen LogP contribution is 2.36. The van der Waals surface area contributed by atoms with Gasteiger partial charge in [0.25, 0.3) is 5.91 Å². The van der Waals surface area contributed by atoms with Crippen LogP contribution in [0.1, 0.15) is 46.9 Å². The fourth-order valence-corrected chi connectivity index (χ4v) is 3.89. The molecule has 0 aliphatic rings. The molecule has 3 atom stereocenters. The maximum Gasteiger partial charge on any atom is 0.328 e. The number of aromatic nitrogens is 1. The van der Waals surface area contributed by atoms with Gasteiger partial charge in [0.1, 0.15) is 23.7 Å². The minimum atomic E-state index is -1.05. The normalized spacial score (nSPS) is 13.3. The van der Waals surface area contributed by atoms with Crippen LogP contribution in [-0.2, 0) is 9.53 Å². The molecular formula is C27H29FN2O6. The fraction of sp³-hybridized carbons (Fsp3) is 0.296. The SMILES string of the molecule is COc1cc(C)ccc1[C@H](c1ccc(F)cc1)[C@H](C)OC(=O)[C@H](C)NC(=O)c1nccc(OC)c1O. The quantitative estimate of drug-likeness (QED) is 0.429. The third-order valence-electron chi connectivity index (χ3n) is 5.75. The average Bonchev–Trinajstić information content (AvgIpc) is 2.86. The zero-order valence-electron chi connectivity index (χ0n) is 20.7. The molecule has 3 aromatic rings. The van der Waals surface area contributed by atoms with E-state index in [2.05, 4.69) is 10.3 Å². The van der Waals surface area contributed by atoms with Gasteiger partial charge in [-0.15, -0.1) is 0 Å². The van der Waals surface area contributed by atoms with Crippen molar-refractivity contribution < 1.29 is 33.3 Å². The molecule has 0 fully saturated rings. The minimum absolute atomic E-state index is 0.0770. The van der Waals surface area contributed by atoms with E-state index in [-0.39, 0.29) is 17.3 Å². The number of carbonyl (C=O) groups excluding carboxylic acids is 2. The fourth-order valence-electron chi connectivity index (χ4n) is 3.89. The first-order chi connectivity index (χ1) is 17.2. The molecule has 0 saturated heterocycles. The maximum atomic E-state index is 13.6. The van der Waals surface area contributed by atoms with Crippen molar-refractivity contribution in [1.29, 1.82) is 0 Å². The van der Waals surface area contributed by atoms with E-state index in [4.69, 9.17) is 14.2 Å². The van der Waals surface area contributed by atoms with Gasteiger partial charge < -0.3 is 24.6 Å². The largest absolute Gasteiger partial charge is 0.503 e. The van der Waals surface area contributed by atoms with Gasteiger partial charge >= 0.3 is 5.97 Å². The predicted octanol–water partition coefficient (Wildman–Crippen LogP) is 4.13. The van der Waals surface area contributed by atoms with Crippen molar-refractivity contribution in [3.63, 3.8) is 0 Å². The molecule has 0 aliphatic heterocycles. The molecule has 36 heavy (non-hydrogen) atoms. The molecule has 0 radical (unpaired) electrons. The van der Waals surface area contributed by atoms with Crippen LogP contribution >= 0.6 is 0 Å². The average molecular weight is 497 g/mol. The Bertz CT molecular complexity index is 1230. The summed E-state index contributed by atoms with van der Waals surface area (Å²) in [6.07, 6.45) is 0.600. The third-order valence-corrected chi connectivity index (χ3v) is 5.75. The minimum Gasteiger partial charge on any atom is -0.503 e. The van der Waals surface area contributed by atoms with Gasteiger partial charge in [-0.1, -0.05) is 24.3 Å². The van der Waals surface area contributed by atoms with Crippen molar-refractivity contribution in [3.05, 3.63) is 82.9 Å². The predicted molar refractivity (Wildman–Crippen MR) is 131 cm³/mol. The summed E-state index contributed by atoms with van der Waals surface area (Å²) >= 11 is 0. The van der Waals surface area contributed by atoms with Crippen LogP contribution in [-0.4, -0.2) is 48.3 Å². The lowest BCUT2D eigenvalue weighted by Gasteiger charge is -2.28. The Hall–Kier alpha value is -4.14. The number of hydrogen-bond donors (Lipinski definition) is 2. The standard InChI is InChI=1S/C27H29FN2O6/c1-15-6-11-20(22(14-15)35-5)23(18-7-9-19(28)10-8-18)17(3)36-27(33)16(2)30-26(32)24-25(31)21(34-4)12-13-29-24/h6-14,16-17,23,31H,1-5H3,(H,30,32)/t16-,17-,23-/m0/s1. The summed E-state index contributed by atoms with van der Waals surface area (Å²) in [7, 11) is 2.90. The molecule has 0 unspecified atom stereocenters. The number of aryl methyl sites for hydroxylation is 1. The van der Waals surface area contributed by atoms with Gasteiger partial charge in [-0.2, -0.15) is 0 Å². The van der Waals surface area contributed by atoms with E-state index in [9.17, 15) is 19.1 Å². The summed E-state index contributed by atoms with van der Waals surface area (Å²) < 4.78 is 29.9. The van der Waals surface area contributed by atoms with Crippen LogP contribution in [0.2, 0.25) is 0 Å². The lowest BCUT2D eigenvalue weighted by atomic mass is 9.86. The first-order valence-electron chi connectivity index (χ1n) is 11.3. The zero-order chi connectivity index (χ0) is 26.4. The molecule has 2 N–H and O–H groups in total. The van der Waals surface area contributed by atoms with E-state index in [0.717, 1.165) is 16.7 Å². The zero-order valence-corrected chi connectivity index (χ0v) is 20.7. The molecular weight excluding hydrogens is 467 g/mol. The van der Waals surface area contributed by atoms with Crippen molar-refractivity contribution in [2.75, 3.05) is 14.2 Å². The molecule has 0 aliphatic carbocycles. The summed E-state index contributed by atoms with van der Waals surface area (Å²) in [5.74, 6) is -2.08. The van der Waals surface area contributed by atoms with E-state index in [1.54, 1.807) is 26.2 Å². The first kappa shape index (κ1) is 26.5. The number of nitrogens with zero attached hydrogens (tertiary/aromatic N) is 1. The number of benzene rings is 2. The summed E-state index contributed by atoms with van der Waals surface area (Å²) in [4.78, 5) is 29.4. The highest BCUT2D eigenvalue weighted by molar-refractivity contribution is 5.97. The molecule has 9 heteroatoms. The van der Waals surface area contributed by atoms with Gasteiger partial charge in [0.2, 0.25) is 0 Å². The molecule has 0 saturated carbocycles. The number of amides is 1. The number of esters is 1. The summed E-state index contributed by atoms with van der Waals surface area (Å²) in [6.45, 7) is 5.11. The number of methoxy groups -OCH3 is 2. The number of pyridine rings is 1. The van der Waals surface area contributed by atoms with E-state index in [1.165, 1.54) is 38.4 Å². The van der Waals surface area contributed by atoms with Crippen LogP contribution < -0.4 is 14.8 Å². The first-order valence-corrected chi connectivity index (χ1v) is 11.3. The number of carbonyl (C=O) groups is 2. The molecule has 3 rings (SSSR count). The van der Waals surface area contributed by atoms with Gasteiger partial charge in [-0.25, -0.2) is 14.2 Å².